The molecule has 1 saturated heterocycles. The van der Waals surface area contributed by atoms with Crippen molar-refractivity contribution in [2.24, 2.45) is 0 Å². The molecule has 2 aliphatic rings. The smallest absolute Gasteiger partial charge is 0.256 e. The minimum atomic E-state index is -0.841. The molecule has 1 aromatic heterocycles. The largest absolute Gasteiger partial charge is 0.376 e. The van der Waals surface area contributed by atoms with Gasteiger partial charge in [-0.05, 0) is 37.8 Å². The van der Waals surface area contributed by atoms with Crippen molar-refractivity contribution in [3.8, 4) is 0 Å². The lowest BCUT2D eigenvalue weighted by atomic mass is 10.1. The standard InChI is InChI=1S/C19H21F2N3O3/c20-13-5-6-15(16(21)10-13)19(25)24-8-1-2-14(11-24)26-9-7-17-22-18(27-23-17)12-3-4-12/h5-6,10,12,14H,1-4,7-9,11H2. The number of hydrogen-bond acceptors (Lipinski definition) is 5. The summed E-state index contributed by atoms with van der Waals surface area (Å²) in [7, 11) is 0. The fraction of sp³-hybridized carbons (Fsp3) is 0.526. The lowest BCUT2D eigenvalue weighted by Crippen LogP contribution is -2.43. The first kappa shape index (κ1) is 18.0. The van der Waals surface area contributed by atoms with Crippen molar-refractivity contribution in [3.63, 3.8) is 0 Å². The van der Waals surface area contributed by atoms with Gasteiger partial charge in [-0.1, -0.05) is 5.16 Å². The van der Waals surface area contributed by atoms with Crippen molar-refractivity contribution in [3.05, 3.63) is 47.1 Å². The van der Waals surface area contributed by atoms with Gasteiger partial charge in [0.1, 0.15) is 11.6 Å². The summed E-state index contributed by atoms with van der Waals surface area (Å²) in [4.78, 5) is 18.4. The Labute approximate surface area is 155 Å². The van der Waals surface area contributed by atoms with Crippen molar-refractivity contribution < 1.29 is 22.8 Å². The molecule has 1 aromatic carbocycles. The summed E-state index contributed by atoms with van der Waals surface area (Å²) in [6.07, 6.45) is 4.24. The molecule has 0 N–H and O–H groups in total. The fourth-order valence-electron chi connectivity index (χ4n) is 3.27. The maximum Gasteiger partial charge on any atom is 0.256 e. The third-order valence-electron chi connectivity index (χ3n) is 4.92. The molecule has 4 rings (SSSR count). The number of piperidine rings is 1. The second-order valence-electron chi connectivity index (χ2n) is 7.08. The first-order chi connectivity index (χ1) is 13.1. The molecule has 1 amide bonds. The van der Waals surface area contributed by atoms with Gasteiger partial charge in [0, 0.05) is 31.5 Å². The average molecular weight is 377 g/mol. The van der Waals surface area contributed by atoms with Crippen LogP contribution in [0.25, 0.3) is 0 Å². The van der Waals surface area contributed by atoms with Gasteiger partial charge in [-0.3, -0.25) is 4.79 Å². The topological polar surface area (TPSA) is 68.5 Å². The molecule has 0 spiro atoms. The van der Waals surface area contributed by atoms with Crippen LogP contribution in [0, 0.1) is 11.6 Å². The van der Waals surface area contributed by atoms with Gasteiger partial charge in [0.2, 0.25) is 5.89 Å². The Kier molecular flexibility index (Phi) is 5.15. The number of aromatic nitrogens is 2. The predicted molar refractivity (Wildman–Crippen MR) is 91.2 cm³/mol. The molecule has 8 heteroatoms. The Morgan fingerprint density at radius 1 is 1.30 bits per heavy atom. The van der Waals surface area contributed by atoms with Gasteiger partial charge in [0.15, 0.2) is 5.82 Å². The third-order valence-corrected chi connectivity index (χ3v) is 4.92. The highest BCUT2D eigenvalue weighted by Crippen LogP contribution is 2.38. The van der Waals surface area contributed by atoms with Gasteiger partial charge in [0.05, 0.1) is 18.3 Å². The number of nitrogens with zero attached hydrogens (tertiary/aromatic N) is 3. The van der Waals surface area contributed by atoms with Crippen LogP contribution in [0.5, 0.6) is 0 Å². The van der Waals surface area contributed by atoms with Crippen LogP contribution in [0.1, 0.15) is 53.7 Å². The molecule has 1 unspecified atom stereocenters. The summed E-state index contributed by atoms with van der Waals surface area (Å²) in [5, 5.41) is 3.96. The molecule has 27 heavy (non-hydrogen) atoms. The van der Waals surface area contributed by atoms with Crippen LogP contribution in [-0.2, 0) is 11.2 Å². The molecular formula is C19H21F2N3O3. The number of rotatable bonds is 6. The number of ether oxygens (including phenoxy) is 1. The Hall–Kier alpha value is -2.35. The van der Waals surface area contributed by atoms with Gasteiger partial charge >= 0.3 is 0 Å². The summed E-state index contributed by atoms with van der Waals surface area (Å²) in [6.45, 7) is 1.35. The van der Waals surface area contributed by atoms with E-state index in [2.05, 4.69) is 10.1 Å². The molecule has 6 nitrogen and oxygen atoms in total. The van der Waals surface area contributed by atoms with Crippen molar-refractivity contribution >= 4 is 5.91 Å². The zero-order valence-electron chi connectivity index (χ0n) is 14.9. The molecule has 1 aliphatic heterocycles. The van der Waals surface area contributed by atoms with Gasteiger partial charge < -0.3 is 14.2 Å². The van der Waals surface area contributed by atoms with E-state index in [1.807, 2.05) is 0 Å². The summed E-state index contributed by atoms with van der Waals surface area (Å²) in [5.41, 5.74) is -0.114. The quantitative estimate of drug-likeness (QED) is 0.774. The molecule has 2 heterocycles. The van der Waals surface area contributed by atoms with E-state index in [0.29, 0.717) is 43.8 Å². The molecule has 1 saturated carbocycles. The van der Waals surface area contributed by atoms with Gasteiger partial charge in [-0.2, -0.15) is 4.98 Å². The van der Waals surface area contributed by atoms with Gasteiger partial charge in [0.25, 0.3) is 5.91 Å². The van der Waals surface area contributed by atoms with E-state index in [0.717, 1.165) is 37.8 Å². The molecule has 1 aliphatic carbocycles. The molecule has 2 fully saturated rings. The summed E-state index contributed by atoms with van der Waals surface area (Å²) >= 11 is 0. The minimum Gasteiger partial charge on any atom is -0.376 e. The van der Waals surface area contributed by atoms with Crippen LogP contribution >= 0.6 is 0 Å². The van der Waals surface area contributed by atoms with Crippen LogP contribution in [0.2, 0.25) is 0 Å². The van der Waals surface area contributed by atoms with E-state index >= 15 is 0 Å². The van der Waals surface area contributed by atoms with E-state index in [1.54, 1.807) is 4.90 Å². The van der Waals surface area contributed by atoms with E-state index in [9.17, 15) is 13.6 Å². The number of carbonyl (C=O) groups is 1. The predicted octanol–water partition coefficient (Wildman–Crippen LogP) is 3.09. The molecular weight excluding hydrogens is 356 g/mol. The first-order valence-corrected chi connectivity index (χ1v) is 9.28. The highest BCUT2D eigenvalue weighted by Gasteiger charge is 2.30. The number of halogens is 2. The number of amides is 1. The second kappa shape index (κ2) is 7.72. The van der Waals surface area contributed by atoms with E-state index in [4.69, 9.17) is 9.26 Å². The van der Waals surface area contributed by atoms with Crippen molar-refractivity contribution in [2.45, 2.75) is 44.1 Å². The van der Waals surface area contributed by atoms with E-state index in [-0.39, 0.29) is 11.7 Å². The first-order valence-electron chi connectivity index (χ1n) is 9.28. The summed E-state index contributed by atoms with van der Waals surface area (Å²) in [6, 6.07) is 3.01. The maximum absolute atomic E-state index is 13.9. The molecule has 0 bridgehead atoms. The highest BCUT2D eigenvalue weighted by atomic mass is 19.1. The fourth-order valence-corrected chi connectivity index (χ4v) is 3.27. The molecule has 2 aromatic rings. The van der Waals surface area contributed by atoms with Crippen LogP contribution in [0.3, 0.4) is 0 Å². The Balaban J connectivity index is 1.28. The minimum absolute atomic E-state index is 0.114. The van der Waals surface area contributed by atoms with Gasteiger partial charge in [-0.15, -0.1) is 0 Å². The zero-order valence-corrected chi connectivity index (χ0v) is 14.9. The highest BCUT2D eigenvalue weighted by molar-refractivity contribution is 5.94. The second-order valence-corrected chi connectivity index (χ2v) is 7.08. The Morgan fingerprint density at radius 3 is 2.93 bits per heavy atom. The number of likely N-dealkylation sites (tertiary alicyclic amines) is 1. The van der Waals surface area contributed by atoms with Crippen LogP contribution < -0.4 is 0 Å². The third kappa shape index (κ3) is 4.32. The molecule has 0 radical (unpaired) electrons. The summed E-state index contributed by atoms with van der Waals surface area (Å²) in [5.74, 6) is -0.207. The lowest BCUT2D eigenvalue weighted by Gasteiger charge is -2.32. The van der Waals surface area contributed by atoms with Crippen LogP contribution in [0.4, 0.5) is 8.78 Å². The Morgan fingerprint density at radius 2 is 2.15 bits per heavy atom. The normalized spacial score (nSPS) is 20.1. The van der Waals surface area contributed by atoms with Crippen LogP contribution in [-0.4, -0.2) is 46.7 Å². The van der Waals surface area contributed by atoms with Gasteiger partial charge in [-0.25, -0.2) is 8.78 Å². The van der Waals surface area contributed by atoms with Crippen LogP contribution in [0.15, 0.2) is 22.7 Å². The van der Waals surface area contributed by atoms with Crippen molar-refractivity contribution in [2.75, 3.05) is 19.7 Å². The maximum atomic E-state index is 13.9. The lowest BCUT2D eigenvalue weighted by molar-refractivity contribution is 0.00236. The summed E-state index contributed by atoms with van der Waals surface area (Å²) < 4.78 is 38.0. The number of benzene rings is 1. The zero-order chi connectivity index (χ0) is 18.8. The van der Waals surface area contributed by atoms with Crippen molar-refractivity contribution in [1.29, 1.82) is 0 Å². The number of carbonyl (C=O) groups excluding carboxylic acids is 1. The van der Waals surface area contributed by atoms with Crippen molar-refractivity contribution in [1.82, 2.24) is 15.0 Å². The molecule has 144 valence electrons. The Bertz CT molecular complexity index is 822. The molecule has 1 atom stereocenters. The van der Waals surface area contributed by atoms with E-state index < -0.39 is 17.5 Å². The number of hydrogen-bond donors (Lipinski definition) is 0. The van der Waals surface area contributed by atoms with E-state index in [1.165, 1.54) is 6.07 Å². The monoisotopic (exact) mass is 377 g/mol. The SMILES string of the molecule is O=C(c1ccc(F)cc1F)N1CCCC(OCCc2noc(C3CC3)n2)C1. The average Bonchev–Trinajstić information content (AvgIpc) is 3.40.